The Bertz CT molecular complexity index is 999. The summed E-state index contributed by atoms with van der Waals surface area (Å²) in [6.45, 7) is 4.24. The van der Waals surface area contributed by atoms with Crippen LogP contribution in [0.15, 0.2) is 36.7 Å². The topological polar surface area (TPSA) is 54.1 Å². The highest BCUT2D eigenvalue weighted by Crippen LogP contribution is 2.34. The molecule has 0 spiro atoms. The Labute approximate surface area is 157 Å². The highest BCUT2D eigenvalue weighted by atomic mass is 35.5. The number of morpholine rings is 1. The van der Waals surface area contributed by atoms with Crippen molar-refractivity contribution in [1.82, 2.24) is 14.5 Å². The largest absolute Gasteiger partial charge is 0.379 e. The first-order chi connectivity index (χ1) is 12.7. The Balaban J connectivity index is 1.77. The second-order valence-corrected chi connectivity index (χ2v) is 6.96. The molecule has 1 aromatic carbocycles. The van der Waals surface area contributed by atoms with Crippen molar-refractivity contribution in [2.75, 3.05) is 26.3 Å². The van der Waals surface area contributed by atoms with Crippen molar-refractivity contribution in [3.8, 4) is 17.3 Å². The predicted molar refractivity (Wildman–Crippen MR) is 102 cm³/mol. The van der Waals surface area contributed by atoms with E-state index in [1.807, 2.05) is 42.2 Å². The number of aromatic nitrogens is 2. The molecular weight excluding hydrogens is 348 g/mol. The van der Waals surface area contributed by atoms with E-state index in [0.29, 0.717) is 10.6 Å². The molecule has 4 rings (SSSR count). The lowest BCUT2D eigenvalue weighted by Gasteiger charge is -2.26. The van der Waals surface area contributed by atoms with Crippen LogP contribution < -0.4 is 0 Å². The maximum atomic E-state index is 9.75. The fourth-order valence-corrected chi connectivity index (χ4v) is 3.75. The number of pyridine rings is 1. The molecule has 3 aromatic rings. The summed E-state index contributed by atoms with van der Waals surface area (Å²) in [6.07, 6.45) is 3.71. The summed E-state index contributed by atoms with van der Waals surface area (Å²) in [5, 5.41) is 11.3. The van der Waals surface area contributed by atoms with Gasteiger partial charge in [-0.15, -0.1) is 0 Å². The zero-order valence-corrected chi connectivity index (χ0v) is 15.3. The van der Waals surface area contributed by atoms with Gasteiger partial charge in [-0.1, -0.05) is 11.6 Å². The Morgan fingerprint density at radius 1 is 1.23 bits per heavy atom. The van der Waals surface area contributed by atoms with Crippen LogP contribution in [0.2, 0.25) is 5.02 Å². The van der Waals surface area contributed by atoms with Crippen LogP contribution in [-0.2, 0) is 18.3 Å². The van der Waals surface area contributed by atoms with Gasteiger partial charge >= 0.3 is 0 Å². The van der Waals surface area contributed by atoms with Gasteiger partial charge in [-0.3, -0.25) is 9.88 Å². The van der Waals surface area contributed by atoms with Crippen LogP contribution in [0.5, 0.6) is 0 Å². The first-order valence-corrected chi connectivity index (χ1v) is 8.97. The summed E-state index contributed by atoms with van der Waals surface area (Å²) in [5.41, 5.74) is 4.56. The van der Waals surface area contributed by atoms with E-state index in [4.69, 9.17) is 16.3 Å². The number of aryl methyl sites for hydroxylation is 1. The van der Waals surface area contributed by atoms with Gasteiger partial charge in [0.2, 0.25) is 0 Å². The minimum absolute atomic E-state index is 0.657. The molecule has 5 nitrogen and oxygen atoms in total. The zero-order chi connectivity index (χ0) is 18.1. The van der Waals surface area contributed by atoms with E-state index >= 15 is 0 Å². The SMILES string of the molecule is Cn1c(-c2cncc(CN3CCOCC3)c2)c(C#N)c2ccc(Cl)cc21. The molecule has 2 aromatic heterocycles. The molecule has 0 amide bonds. The Hall–Kier alpha value is -2.39. The molecule has 26 heavy (non-hydrogen) atoms. The first-order valence-electron chi connectivity index (χ1n) is 8.60. The van der Waals surface area contributed by atoms with Crippen molar-refractivity contribution in [2.45, 2.75) is 6.54 Å². The van der Waals surface area contributed by atoms with Gasteiger partial charge in [-0.05, 0) is 29.8 Å². The van der Waals surface area contributed by atoms with Gasteiger partial charge < -0.3 is 9.30 Å². The number of fused-ring (bicyclic) bond motifs is 1. The molecule has 1 saturated heterocycles. The van der Waals surface area contributed by atoms with Crippen LogP contribution in [0.1, 0.15) is 11.1 Å². The minimum atomic E-state index is 0.657. The molecule has 0 bridgehead atoms. The molecule has 0 radical (unpaired) electrons. The van der Waals surface area contributed by atoms with E-state index in [1.54, 1.807) is 0 Å². The molecule has 132 valence electrons. The second-order valence-electron chi connectivity index (χ2n) is 6.53. The predicted octanol–water partition coefficient (Wildman–Crippen LogP) is 3.60. The van der Waals surface area contributed by atoms with E-state index in [1.165, 1.54) is 0 Å². The first kappa shape index (κ1) is 17.0. The van der Waals surface area contributed by atoms with Crippen molar-refractivity contribution in [2.24, 2.45) is 7.05 Å². The molecule has 0 atom stereocenters. The summed E-state index contributed by atoms with van der Waals surface area (Å²) >= 11 is 6.15. The van der Waals surface area contributed by atoms with Crippen LogP contribution in [0, 0.1) is 11.3 Å². The van der Waals surface area contributed by atoms with Gasteiger partial charge in [0, 0.05) is 55.0 Å². The minimum Gasteiger partial charge on any atom is -0.379 e. The van der Waals surface area contributed by atoms with Gasteiger partial charge in [0.05, 0.1) is 30.0 Å². The molecule has 6 heteroatoms. The van der Waals surface area contributed by atoms with Crippen molar-refractivity contribution in [3.05, 3.63) is 52.8 Å². The van der Waals surface area contributed by atoms with E-state index in [9.17, 15) is 5.26 Å². The van der Waals surface area contributed by atoms with Crippen LogP contribution >= 0.6 is 11.6 Å². The van der Waals surface area contributed by atoms with Crippen molar-refractivity contribution in [3.63, 3.8) is 0 Å². The lowest BCUT2D eigenvalue weighted by molar-refractivity contribution is 0.0341. The smallest absolute Gasteiger partial charge is 0.102 e. The Morgan fingerprint density at radius 3 is 2.81 bits per heavy atom. The quantitative estimate of drug-likeness (QED) is 0.710. The van der Waals surface area contributed by atoms with Gasteiger partial charge in [-0.25, -0.2) is 0 Å². The third-order valence-corrected chi connectivity index (χ3v) is 5.09. The molecule has 1 aliphatic rings. The highest BCUT2D eigenvalue weighted by molar-refractivity contribution is 6.31. The third-order valence-electron chi connectivity index (χ3n) is 4.85. The summed E-state index contributed by atoms with van der Waals surface area (Å²) in [5.74, 6) is 0. The monoisotopic (exact) mass is 366 g/mol. The molecular formula is C20H19ClN4O. The van der Waals surface area contributed by atoms with E-state index in [-0.39, 0.29) is 0 Å². The van der Waals surface area contributed by atoms with E-state index < -0.39 is 0 Å². The highest BCUT2D eigenvalue weighted by Gasteiger charge is 2.18. The van der Waals surface area contributed by atoms with Crippen molar-refractivity contribution in [1.29, 1.82) is 5.26 Å². The molecule has 0 unspecified atom stereocenters. The summed E-state index contributed by atoms with van der Waals surface area (Å²) in [7, 11) is 1.96. The van der Waals surface area contributed by atoms with Crippen LogP contribution in [0.25, 0.3) is 22.2 Å². The molecule has 1 fully saturated rings. The lowest BCUT2D eigenvalue weighted by Crippen LogP contribution is -2.35. The third kappa shape index (κ3) is 3.08. The number of benzene rings is 1. The number of rotatable bonds is 3. The normalized spacial score (nSPS) is 15.3. The van der Waals surface area contributed by atoms with E-state index in [2.05, 4.69) is 22.0 Å². The number of hydrogen-bond donors (Lipinski definition) is 0. The Morgan fingerprint density at radius 2 is 2.04 bits per heavy atom. The number of nitriles is 1. The van der Waals surface area contributed by atoms with Gasteiger partial charge in [0.1, 0.15) is 6.07 Å². The van der Waals surface area contributed by atoms with Gasteiger partial charge in [-0.2, -0.15) is 5.26 Å². The maximum Gasteiger partial charge on any atom is 0.102 e. The van der Waals surface area contributed by atoms with Crippen LogP contribution in [-0.4, -0.2) is 40.8 Å². The van der Waals surface area contributed by atoms with Crippen LogP contribution in [0.3, 0.4) is 0 Å². The molecule has 0 saturated carbocycles. The summed E-state index contributed by atoms with van der Waals surface area (Å²) in [6, 6.07) is 10.1. The number of halogens is 1. The number of nitrogens with zero attached hydrogens (tertiary/aromatic N) is 4. The number of ether oxygens (including phenoxy) is 1. The fourth-order valence-electron chi connectivity index (χ4n) is 3.58. The lowest BCUT2D eigenvalue weighted by atomic mass is 10.1. The zero-order valence-electron chi connectivity index (χ0n) is 14.6. The fraction of sp³-hybridized carbons (Fsp3) is 0.300. The van der Waals surface area contributed by atoms with Crippen molar-refractivity contribution < 1.29 is 4.74 Å². The maximum absolute atomic E-state index is 9.75. The van der Waals surface area contributed by atoms with Crippen LogP contribution in [0.4, 0.5) is 0 Å². The number of hydrogen-bond acceptors (Lipinski definition) is 4. The summed E-state index contributed by atoms with van der Waals surface area (Å²) in [4.78, 5) is 6.78. The second kappa shape index (κ2) is 7.08. The van der Waals surface area contributed by atoms with Crippen molar-refractivity contribution >= 4 is 22.5 Å². The Kier molecular flexibility index (Phi) is 4.64. The standard InChI is InChI=1S/C20H19ClN4O/c1-24-19-9-16(21)2-3-17(19)18(10-22)20(24)15-8-14(11-23-12-15)13-25-4-6-26-7-5-25/h2-3,8-9,11-12H,4-7,13H2,1H3. The molecule has 0 aliphatic carbocycles. The molecule has 0 N–H and O–H groups in total. The molecule has 1 aliphatic heterocycles. The molecule has 3 heterocycles. The van der Waals surface area contributed by atoms with E-state index in [0.717, 1.165) is 60.6 Å². The van der Waals surface area contributed by atoms with Gasteiger partial charge in [0.25, 0.3) is 0 Å². The average molecular weight is 367 g/mol. The summed E-state index contributed by atoms with van der Waals surface area (Å²) < 4.78 is 7.44. The average Bonchev–Trinajstić information content (AvgIpc) is 2.94. The van der Waals surface area contributed by atoms with Gasteiger partial charge in [0.15, 0.2) is 0 Å².